The quantitative estimate of drug-likeness (QED) is 0.842. The van der Waals surface area contributed by atoms with Crippen LogP contribution in [0.5, 0.6) is 5.75 Å². The van der Waals surface area contributed by atoms with E-state index in [0.717, 1.165) is 19.5 Å². The van der Waals surface area contributed by atoms with Gasteiger partial charge in [0.2, 0.25) is 0 Å². The number of likely N-dealkylation sites (tertiary alicyclic amines) is 1. The van der Waals surface area contributed by atoms with Gasteiger partial charge in [0.25, 0.3) is 0 Å². The molecule has 0 unspecified atom stereocenters. The first-order valence-corrected chi connectivity index (χ1v) is 5.49. The number of methoxy groups -OCH3 is 1. The van der Waals surface area contributed by atoms with Gasteiger partial charge in [-0.2, -0.15) is 0 Å². The van der Waals surface area contributed by atoms with Gasteiger partial charge in [0, 0.05) is 37.3 Å². The van der Waals surface area contributed by atoms with E-state index in [1.165, 1.54) is 13.2 Å². The molecule has 2 N–H and O–H groups in total. The Hall–Kier alpha value is -1.13. The highest BCUT2D eigenvalue weighted by atomic mass is 19.1. The summed E-state index contributed by atoms with van der Waals surface area (Å²) in [7, 11) is 1.54. The summed E-state index contributed by atoms with van der Waals surface area (Å²) in [6.45, 7) is 2.43. The molecule has 1 aliphatic rings. The lowest BCUT2D eigenvalue weighted by atomic mass is 10.2. The van der Waals surface area contributed by atoms with Crippen molar-refractivity contribution in [3.63, 3.8) is 0 Å². The minimum Gasteiger partial charge on any atom is -0.497 e. The van der Waals surface area contributed by atoms with Gasteiger partial charge in [-0.05, 0) is 12.5 Å². The minimum atomic E-state index is -0.208. The van der Waals surface area contributed by atoms with Crippen LogP contribution in [0.3, 0.4) is 0 Å². The van der Waals surface area contributed by atoms with Crippen LogP contribution in [0.4, 0.5) is 4.39 Å². The van der Waals surface area contributed by atoms with Crippen molar-refractivity contribution in [2.24, 2.45) is 5.73 Å². The summed E-state index contributed by atoms with van der Waals surface area (Å²) in [5, 5.41) is 0. The van der Waals surface area contributed by atoms with Gasteiger partial charge in [-0.3, -0.25) is 4.90 Å². The summed E-state index contributed by atoms with van der Waals surface area (Å²) < 4.78 is 18.6. The van der Waals surface area contributed by atoms with Crippen LogP contribution in [0.25, 0.3) is 0 Å². The molecule has 0 spiro atoms. The Morgan fingerprint density at radius 2 is 2.38 bits per heavy atom. The molecule has 1 saturated heterocycles. The summed E-state index contributed by atoms with van der Waals surface area (Å²) in [4.78, 5) is 2.18. The van der Waals surface area contributed by atoms with Crippen LogP contribution in [0.1, 0.15) is 12.0 Å². The zero-order valence-electron chi connectivity index (χ0n) is 9.45. The fraction of sp³-hybridized carbons (Fsp3) is 0.500. The maximum Gasteiger partial charge on any atom is 0.131 e. The Balaban J connectivity index is 2.04. The van der Waals surface area contributed by atoms with Gasteiger partial charge in [0.15, 0.2) is 0 Å². The average molecular weight is 224 g/mol. The van der Waals surface area contributed by atoms with E-state index in [4.69, 9.17) is 10.5 Å². The summed E-state index contributed by atoms with van der Waals surface area (Å²) in [6, 6.07) is 5.22. The summed E-state index contributed by atoms with van der Waals surface area (Å²) in [5.74, 6) is 0.346. The lowest BCUT2D eigenvalue weighted by Gasteiger charge is -2.15. The number of rotatable bonds is 3. The largest absolute Gasteiger partial charge is 0.497 e. The molecule has 1 fully saturated rings. The molecule has 0 amide bonds. The fourth-order valence-corrected chi connectivity index (χ4v) is 2.03. The molecule has 1 aliphatic heterocycles. The molecule has 0 saturated carbocycles. The smallest absolute Gasteiger partial charge is 0.131 e. The third-order valence-electron chi connectivity index (χ3n) is 2.96. The van der Waals surface area contributed by atoms with Crippen LogP contribution in [0, 0.1) is 5.82 Å². The zero-order valence-corrected chi connectivity index (χ0v) is 9.45. The monoisotopic (exact) mass is 224 g/mol. The van der Waals surface area contributed by atoms with Gasteiger partial charge in [-0.15, -0.1) is 0 Å². The van der Waals surface area contributed by atoms with E-state index in [1.807, 2.05) is 0 Å². The van der Waals surface area contributed by atoms with E-state index in [2.05, 4.69) is 4.90 Å². The van der Waals surface area contributed by atoms with Gasteiger partial charge in [0.05, 0.1) is 7.11 Å². The Morgan fingerprint density at radius 1 is 1.56 bits per heavy atom. The Kier molecular flexibility index (Phi) is 3.41. The standard InChI is InChI=1S/C12H17FN2O/c1-16-11-3-2-9(12(13)6-11)7-15-5-4-10(14)8-15/h2-3,6,10H,4-5,7-8,14H2,1H3/t10-/m0/s1. The molecular weight excluding hydrogens is 207 g/mol. The van der Waals surface area contributed by atoms with Gasteiger partial charge >= 0.3 is 0 Å². The molecule has 3 nitrogen and oxygen atoms in total. The van der Waals surface area contributed by atoms with Crippen molar-refractivity contribution in [3.8, 4) is 5.75 Å². The SMILES string of the molecule is COc1ccc(CN2CC[C@H](N)C2)c(F)c1. The second-order valence-electron chi connectivity index (χ2n) is 4.24. The molecule has 88 valence electrons. The molecule has 16 heavy (non-hydrogen) atoms. The maximum absolute atomic E-state index is 13.6. The Morgan fingerprint density at radius 3 is 2.94 bits per heavy atom. The highest BCUT2D eigenvalue weighted by molar-refractivity contribution is 5.28. The second kappa shape index (κ2) is 4.80. The zero-order chi connectivity index (χ0) is 11.5. The number of halogens is 1. The van der Waals surface area contributed by atoms with Crippen molar-refractivity contribution in [1.29, 1.82) is 0 Å². The molecule has 1 aromatic rings. The predicted octanol–water partition coefficient (Wildman–Crippen LogP) is 1.37. The molecule has 0 radical (unpaired) electrons. The predicted molar refractivity (Wildman–Crippen MR) is 60.8 cm³/mol. The van der Waals surface area contributed by atoms with E-state index in [9.17, 15) is 4.39 Å². The molecule has 4 heteroatoms. The number of hydrogen-bond donors (Lipinski definition) is 1. The van der Waals surface area contributed by atoms with Gasteiger partial charge < -0.3 is 10.5 Å². The molecule has 0 aliphatic carbocycles. The molecular formula is C12H17FN2O. The summed E-state index contributed by atoms with van der Waals surface area (Å²) >= 11 is 0. The molecule has 0 bridgehead atoms. The van der Waals surface area contributed by atoms with E-state index in [0.29, 0.717) is 17.9 Å². The highest BCUT2D eigenvalue weighted by Crippen LogP contribution is 2.19. The topological polar surface area (TPSA) is 38.5 Å². The van der Waals surface area contributed by atoms with E-state index >= 15 is 0 Å². The number of nitrogens with zero attached hydrogens (tertiary/aromatic N) is 1. The molecule has 1 heterocycles. The minimum absolute atomic E-state index is 0.208. The summed E-state index contributed by atoms with van der Waals surface area (Å²) in [6.07, 6.45) is 0.998. The number of nitrogens with two attached hydrogens (primary N) is 1. The molecule has 1 aromatic carbocycles. The first kappa shape index (κ1) is 11.4. The number of hydrogen-bond acceptors (Lipinski definition) is 3. The van der Waals surface area contributed by atoms with E-state index in [-0.39, 0.29) is 11.9 Å². The molecule has 0 aromatic heterocycles. The average Bonchev–Trinajstić information content (AvgIpc) is 2.67. The van der Waals surface area contributed by atoms with Crippen molar-refractivity contribution >= 4 is 0 Å². The Labute approximate surface area is 95.0 Å². The van der Waals surface area contributed by atoms with E-state index < -0.39 is 0 Å². The third-order valence-corrected chi connectivity index (χ3v) is 2.96. The second-order valence-corrected chi connectivity index (χ2v) is 4.24. The van der Waals surface area contributed by atoms with Crippen LogP contribution >= 0.6 is 0 Å². The normalized spacial score (nSPS) is 21.3. The van der Waals surface area contributed by atoms with E-state index in [1.54, 1.807) is 12.1 Å². The maximum atomic E-state index is 13.6. The summed E-state index contributed by atoms with van der Waals surface area (Å²) in [5.41, 5.74) is 6.51. The van der Waals surface area contributed by atoms with Gasteiger partial charge in [-0.25, -0.2) is 4.39 Å². The molecule has 2 rings (SSSR count). The van der Waals surface area contributed by atoms with Crippen LogP contribution in [-0.4, -0.2) is 31.1 Å². The van der Waals surface area contributed by atoms with Crippen molar-refractivity contribution in [1.82, 2.24) is 4.90 Å². The molecule has 1 atom stereocenters. The van der Waals surface area contributed by atoms with Crippen LogP contribution in [-0.2, 0) is 6.54 Å². The first-order valence-electron chi connectivity index (χ1n) is 5.49. The van der Waals surface area contributed by atoms with Crippen LogP contribution < -0.4 is 10.5 Å². The highest BCUT2D eigenvalue weighted by Gasteiger charge is 2.19. The fourth-order valence-electron chi connectivity index (χ4n) is 2.03. The van der Waals surface area contributed by atoms with Gasteiger partial charge in [-0.1, -0.05) is 6.07 Å². The van der Waals surface area contributed by atoms with Crippen molar-refractivity contribution in [3.05, 3.63) is 29.6 Å². The first-order chi connectivity index (χ1) is 7.69. The van der Waals surface area contributed by atoms with Crippen LogP contribution in [0.2, 0.25) is 0 Å². The number of ether oxygens (including phenoxy) is 1. The number of benzene rings is 1. The lowest BCUT2D eigenvalue weighted by molar-refractivity contribution is 0.320. The van der Waals surface area contributed by atoms with Gasteiger partial charge in [0.1, 0.15) is 11.6 Å². The Bertz CT molecular complexity index is 370. The van der Waals surface area contributed by atoms with Crippen molar-refractivity contribution < 1.29 is 9.13 Å². The van der Waals surface area contributed by atoms with Crippen LogP contribution in [0.15, 0.2) is 18.2 Å². The van der Waals surface area contributed by atoms with Crippen molar-refractivity contribution in [2.75, 3.05) is 20.2 Å². The third kappa shape index (κ3) is 2.51. The van der Waals surface area contributed by atoms with Crippen molar-refractivity contribution in [2.45, 2.75) is 19.0 Å². The lowest BCUT2D eigenvalue weighted by Crippen LogP contribution is -2.26.